The number of nitrogens with zero attached hydrogens (tertiary/aromatic N) is 5. The van der Waals surface area contributed by atoms with Crippen LogP contribution >= 0.6 is 12.4 Å². The van der Waals surface area contributed by atoms with Gasteiger partial charge >= 0.3 is 6.09 Å². The highest BCUT2D eigenvalue weighted by Crippen LogP contribution is 2.44. The molecule has 0 saturated carbocycles. The van der Waals surface area contributed by atoms with Gasteiger partial charge < -0.3 is 14.2 Å². The van der Waals surface area contributed by atoms with Gasteiger partial charge in [-0.25, -0.2) is 9.18 Å². The first-order valence-corrected chi connectivity index (χ1v) is 12.1. The number of hydrogen-bond donors (Lipinski definition) is 0. The summed E-state index contributed by atoms with van der Waals surface area (Å²) in [7, 11) is 0. The van der Waals surface area contributed by atoms with Crippen molar-refractivity contribution in [2.24, 2.45) is 0 Å². The lowest BCUT2D eigenvalue weighted by Crippen LogP contribution is -2.38. The third kappa shape index (κ3) is 4.28. The van der Waals surface area contributed by atoms with Crippen molar-refractivity contribution in [3.05, 3.63) is 65.5 Å². The van der Waals surface area contributed by atoms with E-state index < -0.39 is 17.5 Å². The van der Waals surface area contributed by atoms with E-state index in [1.54, 1.807) is 37.4 Å². The second kappa shape index (κ2) is 9.43. The number of aromatic nitrogens is 4. The third-order valence-corrected chi connectivity index (χ3v) is 6.54. The maximum absolute atomic E-state index is 15.3. The van der Waals surface area contributed by atoms with E-state index in [2.05, 4.69) is 15.2 Å². The van der Waals surface area contributed by atoms with E-state index in [0.717, 1.165) is 16.8 Å². The molecule has 11 heteroatoms. The van der Waals surface area contributed by atoms with Gasteiger partial charge in [-0.15, -0.1) is 22.6 Å². The summed E-state index contributed by atoms with van der Waals surface area (Å²) in [6.45, 7) is 7.77. The van der Waals surface area contributed by atoms with Gasteiger partial charge in [0.25, 0.3) is 0 Å². The van der Waals surface area contributed by atoms with Gasteiger partial charge in [-0.1, -0.05) is 6.07 Å². The van der Waals surface area contributed by atoms with Gasteiger partial charge in [0, 0.05) is 34.1 Å². The highest BCUT2D eigenvalue weighted by molar-refractivity contribution is 5.92. The van der Waals surface area contributed by atoms with E-state index in [1.807, 2.05) is 25.1 Å². The molecule has 2 aliphatic rings. The number of fused-ring (bicyclic) bond motifs is 3. The molecule has 0 bridgehead atoms. The van der Waals surface area contributed by atoms with Crippen molar-refractivity contribution < 1.29 is 23.4 Å². The predicted octanol–water partition coefficient (Wildman–Crippen LogP) is 5.47. The Morgan fingerprint density at radius 2 is 1.89 bits per heavy atom. The SMILES string of the molecule is Cc1ncccc1-c1cc2c(n3cnnc13)N(C(=O)OC(C)(C)C)Cc1c(F)ccc3c1[C@@H](CO3)CO2.Cl. The standard InChI is InChI=1S/C27H26FN5O4.ClH/c1-15-17(6-5-9-29-15)18-10-22-25(33-14-30-31-24(18)33)32(26(34)37-27(2,3)4)11-19-20(28)7-8-21-23(19)16(12-35-21)13-36-22;/h5-10,14,16H,11-13H2,1-4H3;1H/t16-;/m0./s1. The Labute approximate surface area is 225 Å². The molecule has 0 aliphatic carbocycles. The molecular weight excluding hydrogens is 513 g/mol. The second-order valence-corrected chi connectivity index (χ2v) is 10.2. The number of halogens is 2. The Kier molecular flexibility index (Phi) is 6.38. The van der Waals surface area contributed by atoms with Crippen LogP contribution in [0, 0.1) is 12.7 Å². The molecule has 0 spiro atoms. The smallest absolute Gasteiger partial charge is 0.416 e. The Balaban J connectivity index is 0.00000294. The number of anilines is 1. The topological polar surface area (TPSA) is 91.1 Å². The molecule has 0 N–H and O–H groups in total. The first kappa shape index (κ1) is 25.7. The molecule has 0 fully saturated rings. The summed E-state index contributed by atoms with van der Waals surface area (Å²) in [6.07, 6.45) is 2.59. The van der Waals surface area contributed by atoms with Crippen LogP contribution in [0.4, 0.5) is 15.0 Å². The Bertz CT molecular complexity index is 1550. The number of hydrogen-bond acceptors (Lipinski definition) is 7. The first-order valence-electron chi connectivity index (χ1n) is 12.1. The molecule has 0 radical (unpaired) electrons. The number of amides is 1. The van der Waals surface area contributed by atoms with Crippen molar-refractivity contribution in [2.75, 3.05) is 18.1 Å². The zero-order valence-corrected chi connectivity index (χ0v) is 22.2. The minimum atomic E-state index is -0.779. The van der Waals surface area contributed by atoms with Crippen molar-refractivity contribution >= 4 is 30.0 Å². The Morgan fingerprint density at radius 1 is 1.13 bits per heavy atom. The monoisotopic (exact) mass is 539 g/mol. The molecule has 2 aliphatic heterocycles. The molecule has 3 aromatic heterocycles. The summed E-state index contributed by atoms with van der Waals surface area (Å²) < 4.78 is 35.0. The average molecular weight is 540 g/mol. The second-order valence-electron chi connectivity index (χ2n) is 10.2. The molecule has 198 valence electrons. The van der Waals surface area contributed by atoms with Crippen LogP contribution in [-0.4, -0.2) is 44.5 Å². The molecule has 1 atom stereocenters. The number of aryl methyl sites for hydroxylation is 1. The first-order chi connectivity index (χ1) is 17.7. The minimum absolute atomic E-state index is 0. The van der Waals surface area contributed by atoms with Gasteiger partial charge in [-0.05, 0) is 52.0 Å². The summed E-state index contributed by atoms with van der Waals surface area (Å²) in [4.78, 5) is 19.5. The summed E-state index contributed by atoms with van der Waals surface area (Å²) >= 11 is 0. The van der Waals surface area contributed by atoms with Crippen molar-refractivity contribution in [2.45, 2.75) is 45.8 Å². The molecule has 38 heavy (non-hydrogen) atoms. The van der Waals surface area contributed by atoms with Gasteiger partial charge in [0.15, 0.2) is 17.2 Å². The number of benzene rings is 1. The van der Waals surface area contributed by atoms with Crippen LogP contribution in [-0.2, 0) is 11.3 Å². The number of carbonyl (C=O) groups is 1. The summed E-state index contributed by atoms with van der Waals surface area (Å²) in [5.41, 5.74) is 3.22. The predicted molar refractivity (Wildman–Crippen MR) is 141 cm³/mol. The molecule has 9 nitrogen and oxygen atoms in total. The number of rotatable bonds is 1. The van der Waals surface area contributed by atoms with E-state index in [9.17, 15) is 4.79 Å². The zero-order chi connectivity index (χ0) is 25.9. The fourth-order valence-electron chi connectivity index (χ4n) is 4.94. The van der Waals surface area contributed by atoms with E-state index in [-0.39, 0.29) is 31.5 Å². The van der Waals surface area contributed by atoms with E-state index in [4.69, 9.17) is 14.2 Å². The van der Waals surface area contributed by atoms with Crippen LogP contribution in [0.3, 0.4) is 0 Å². The number of pyridine rings is 2. The van der Waals surface area contributed by atoms with E-state index >= 15 is 4.39 Å². The lowest BCUT2D eigenvalue weighted by Gasteiger charge is -2.29. The van der Waals surface area contributed by atoms with Crippen LogP contribution in [0.1, 0.15) is 43.5 Å². The van der Waals surface area contributed by atoms with Crippen molar-refractivity contribution in [3.63, 3.8) is 0 Å². The average Bonchev–Trinajstić information content (AvgIpc) is 3.49. The maximum Gasteiger partial charge on any atom is 0.416 e. The molecule has 5 heterocycles. The number of carbonyl (C=O) groups excluding carboxylic acids is 1. The van der Waals surface area contributed by atoms with Crippen LogP contribution in [0.2, 0.25) is 0 Å². The van der Waals surface area contributed by atoms with Gasteiger partial charge in [0.2, 0.25) is 0 Å². The van der Waals surface area contributed by atoms with Gasteiger partial charge in [0.1, 0.15) is 23.5 Å². The highest BCUT2D eigenvalue weighted by Gasteiger charge is 2.37. The fourth-order valence-corrected chi connectivity index (χ4v) is 4.94. The van der Waals surface area contributed by atoms with E-state index in [0.29, 0.717) is 40.7 Å². The van der Waals surface area contributed by atoms with Crippen molar-refractivity contribution in [3.8, 4) is 22.6 Å². The fraction of sp³-hybridized carbons (Fsp3) is 0.333. The van der Waals surface area contributed by atoms with Crippen LogP contribution < -0.4 is 14.4 Å². The lowest BCUT2D eigenvalue weighted by molar-refractivity contribution is 0.0574. The van der Waals surface area contributed by atoms with Crippen molar-refractivity contribution in [1.29, 1.82) is 0 Å². The number of ether oxygens (including phenoxy) is 3. The quantitative estimate of drug-likeness (QED) is 0.317. The Hall–Kier alpha value is -3.92. The largest absolute Gasteiger partial charge is 0.493 e. The zero-order valence-electron chi connectivity index (χ0n) is 21.4. The van der Waals surface area contributed by atoms with E-state index in [1.165, 1.54) is 17.3 Å². The van der Waals surface area contributed by atoms with Gasteiger partial charge in [-0.2, -0.15) is 0 Å². The molecular formula is C27H27ClFN5O4. The molecule has 4 aromatic rings. The van der Waals surface area contributed by atoms with Gasteiger partial charge in [0.05, 0.1) is 25.7 Å². The molecule has 0 unspecified atom stereocenters. The van der Waals surface area contributed by atoms with Gasteiger partial charge in [-0.3, -0.25) is 14.3 Å². The van der Waals surface area contributed by atoms with Crippen LogP contribution in [0.15, 0.2) is 42.9 Å². The third-order valence-electron chi connectivity index (χ3n) is 6.54. The molecule has 1 aromatic carbocycles. The normalized spacial score (nSPS) is 16.2. The molecule has 1 amide bonds. The maximum atomic E-state index is 15.3. The lowest BCUT2D eigenvalue weighted by atomic mass is 9.95. The summed E-state index contributed by atoms with van der Waals surface area (Å²) in [5.74, 6) is 0.748. The minimum Gasteiger partial charge on any atom is -0.493 e. The highest BCUT2D eigenvalue weighted by atomic mass is 35.5. The Morgan fingerprint density at radius 3 is 2.63 bits per heavy atom. The molecule has 6 rings (SSSR count). The molecule has 0 saturated heterocycles. The summed E-state index contributed by atoms with van der Waals surface area (Å²) in [5, 5.41) is 8.49. The van der Waals surface area contributed by atoms with Crippen molar-refractivity contribution in [1.82, 2.24) is 19.6 Å². The van der Waals surface area contributed by atoms with Crippen LogP contribution in [0.25, 0.3) is 16.8 Å². The summed E-state index contributed by atoms with van der Waals surface area (Å²) in [6, 6.07) is 8.62. The van der Waals surface area contributed by atoms with Crippen LogP contribution in [0.5, 0.6) is 11.5 Å².